The van der Waals surface area contributed by atoms with E-state index in [9.17, 15) is 24.3 Å². The third-order valence-corrected chi connectivity index (χ3v) is 4.42. The van der Waals surface area contributed by atoms with E-state index in [0.29, 0.717) is 18.6 Å². The minimum Gasteiger partial charge on any atom is -0.480 e. The van der Waals surface area contributed by atoms with Crippen LogP contribution in [0.15, 0.2) is 4.99 Å². The van der Waals surface area contributed by atoms with Crippen LogP contribution < -0.4 is 33.2 Å². The molecular formula is C16H31N7O6S. The molecule has 0 bridgehead atoms. The van der Waals surface area contributed by atoms with Crippen LogP contribution in [-0.2, 0) is 19.2 Å². The minimum absolute atomic E-state index is 0.0906. The Labute approximate surface area is 178 Å². The van der Waals surface area contributed by atoms with Crippen LogP contribution in [0.25, 0.3) is 0 Å². The van der Waals surface area contributed by atoms with Crippen LogP contribution in [0.4, 0.5) is 0 Å². The number of nitrogens with one attached hydrogen (secondary N) is 3. The number of aliphatic imine (C=N–C) groups is 1. The number of nitrogens with zero attached hydrogens (tertiary/aromatic N) is 1. The lowest BCUT2D eigenvalue weighted by Crippen LogP contribution is -2.57. The Balaban J connectivity index is 5.00. The highest BCUT2D eigenvalue weighted by Gasteiger charge is 2.27. The maximum atomic E-state index is 12.4. The van der Waals surface area contributed by atoms with E-state index in [1.54, 1.807) is 0 Å². The lowest BCUT2D eigenvalue weighted by Gasteiger charge is -2.23. The Hall–Kier alpha value is -2.58. The zero-order chi connectivity index (χ0) is 23.1. The predicted octanol–water partition coefficient (Wildman–Crippen LogP) is -3.72. The summed E-state index contributed by atoms with van der Waals surface area (Å²) in [4.78, 5) is 51.2. The Morgan fingerprint density at radius 3 is 2.20 bits per heavy atom. The van der Waals surface area contributed by atoms with E-state index in [1.165, 1.54) is 11.8 Å². The van der Waals surface area contributed by atoms with Gasteiger partial charge in [-0.2, -0.15) is 11.8 Å². The van der Waals surface area contributed by atoms with E-state index >= 15 is 0 Å². The molecule has 0 aromatic heterocycles. The number of carbonyl (C=O) groups is 4. The van der Waals surface area contributed by atoms with Gasteiger partial charge in [-0.05, 0) is 31.3 Å². The van der Waals surface area contributed by atoms with Crippen LogP contribution in [0, 0.1) is 0 Å². The number of hydrogen-bond donors (Lipinski definition) is 8. The largest absolute Gasteiger partial charge is 0.480 e. The van der Waals surface area contributed by atoms with E-state index in [4.69, 9.17) is 22.3 Å². The monoisotopic (exact) mass is 449 g/mol. The van der Waals surface area contributed by atoms with Crippen molar-refractivity contribution in [3.8, 4) is 0 Å². The molecule has 11 N–H and O–H groups in total. The van der Waals surface area contributed by atoms with Crippen molar-refractivity contribution in [1.29, 1.82) is 0 Å². The SMILES string of the molecule is CSCCC(N)C(=O)NC(CO)C(=O)NC(CCCN=C(N)N)C(=O)NCC(=O)O. The number of aliphatic carboxylic acids is 1. The fourth-order valence-electron chi connectivity index (χ4n) is 2.18. The minimum atomic E-state index is -1.33. The van der Waals surface area contributed by atoms with Gasteiger partial charge in [0, 0.05) is 6.54 Å². The van der Waals surface area contributed by atoms with Gasteiger partial charge in [0.15, 0.2) is 5.96 Å². The summed E-state index contributed by atoms with van der Waals surface area (Å²) in [6.07, 6.45) is 2.64. The van der Waals surface area contributed by atoms with Gasteiger partial charge in [0.2, 0.25) is 17.7 Å². The number of carboxylic acid groups (broad SMARTS) is 1. The van der Waals surface area contributed by atoms with Crippen LogP contribution in [0.5, 0.6) is 0 Å². The third kappa shape index (κ3) is 12.1. The summed E-state index contributed by atoms with van der Waals surface area (Å²) in [6, 6.07) is -3.30. The zero-order valence-corrected chi connectivity index (χ0v) is 17.6. The van der Waals surface area contributed by atoms with Gasteiger partial charge in [0.1, 0.15) is 18.6 Å². The molecule has 0 aromatic rings. The summed E-state index contributed by atoms with van der Waals surface area (Å²) in [6.45, 7) is -1.17. The topological polar surface area (TPSA) is 235 Å². The van der Waals surface area contributed by atoms with Gasteiger partial charge in [-0.1, -0.05) is 0 Å². The molecule has 0 heterocycles. The molecule has 13 nitrogen and oxygen atoms in total. The molecular weight excluding hydrogens is 418 g/mol. The molecule has 0 aliphatic heterocycles. The predicted molar refractivity (Wildman–Crippen MR) is 112 cm³/mol. The van der Waals surface area contributed by atoms with Crippen molar-refractivity contribution in [3.63, 3.8) is 0 Å². The lowest BCUT2D eigenvalue weighted by atomic mass is 10.1. The van der Waals surface area contributed by atoms with Gasteiger partial charge in [-0.25, -0.2) is 0 Å². The number of hydrogen-bond acceptors (Lipinski definition) is 8. The van der Waals surface area contributed by atoms with Gasteiger partial charge in [0.05, 0.1) is 12.6 Å². The van der Waals surface area contributed by atoms with Crippen molar-refractivity contribution in [2.75, 3.05) is 31.7 Å². The number of rotatable bonds is 15. The summed E-state index contributed by atoms with van der Waals surface area (Å²) in [5, 5.41) is 25.1. The van der Waals surface area contributed by atoms with Crippen molar-refractivity contribution in [2.24, 2.45) is 22.2 Å². The Bertz CT molecular complexity index is 615. The first kappa shape index (κ1) is 27.4. The standard InChI is InChI=1S/C16H31N7O6S/c1-30-6-4-9(17)13(27)23-11(8-24)15(29)22-10(3-2-5-20-16(18)19)14(28)21-7-12(25)26/h9-11,24H,2-8,17H2,1H3,(H,21,28)(H,22,29)(H,23,27)(H,25,26)(H4,18,19,20). The van der Waals surface area contributed by atoms with Crippen molar-refractivity contribution >= 4 is 41.4 Å². The highest BCUT2D eigenvalue weighted by molar-refractivity contribution is 7.98. The average molecular weight is 450 g/mol. The summed E-state index contributed by atoms with van der Waals surface area (Å²) >= 11 is 1.51. The van der Waals surface area contributed by atoms with Gasteiger partial charge in [0.25, 0.3) is 0 Å². The second-order valence-corrected chi connectivity index (χ2v) is 7.24. The number of nitrogens with two attached hydrogens (primary N) is 3. The number of carboxylic acids is 1. The van der Waals surface area contributed by atoms with Crippen LogP contribution in [0.2, 0.25) is 0 Å². The van der Waals surface area contributed by atoms with Crippen molar-refractivity contribution in [2.45, 2.75) is 37.4 Å². The van der Waals surface area contributed by atoms with E-state index in [-0.39, 0.29) is 18.9 Å². The molecule has 172 valence electrons. The number of thioether (sulfide) groups is 1. The molecule has 0 aliphatic carbocycles. The Morgan fingerprint density at radius 2 is 1.67 bits per heavy atom. The van der Waals surface area contributed by atoms with E-state index in [0.717, 1.165) is 0 Å². The average Bonchev–Trinajstić information content (AvgIpc) is 2.69. The van der Waals surface area contributed by atoms with E-state index < -0.39 is 55.0 Å². The second-order valence-electron chi connectivity index (χ2n) is 6.25. The van der Waals surface area contributed by atoms with Gasteiger partial charge < -0.3 is 43.4 Å². The molecule has 0 rings (SSSR count). The first-order valence-corrected chi connectivity index (χ1v) is 10.5. The highest BCUT2D eigenvalue weighted by Crippen LogP contribution is 2.02. The van der Waals surface area contributed by atoms with Crippen LogP contribution in [-0.4, -0.2) is 89.7 Å². The molecule has 0 aliphatic rings. The molecule has 0 saturated carbocycles. The normalized spacial score (nSPS) is 13.4. The van der Waals surface area contributed by atoms with E-state index in [1.807, 2.05) is 6.26 Å². The molecule has 3 unspecified atom stereocenters. The fraction of sp³-hybridized carbons (Fsp3) is 0.688. The first-order chi connectivity index (χ1) is 14.1. The third-order valence-electron chi connectivity index (χ3n) is 3.78. The number of amides is 3. The summed E-state index contributed by atoms with van der Waals surface area (Å²) in [5.74, 6) is -2.92. The quantitative estimate of drug-likeness (QED) is 0.0691. The Kier molecular flexibility index (Phi) is 14.0. The van der Waals surface area contributed by atoms with Crippen LogP contribution in [0.3, 0.4) is 0 Å². The maximum Gasteiger partial charge on any atom is 0.322 e. The number of carbonyl (C=O) groups excluding carboxylic acids is 3. The molecule has 30 heavy (non-hydrogen) atoms. The van der Waals surface area contributed by atoms with Crippen molar-refractivity contribution in [3.05, 3.63) is 0 Å². The van der Waals surface area contributed by atoms with Gasteiger partial charge >= 0.3 is 5.97 Å². The number of guanidine groups is 1. The summed E-state index contributed by atoms with van der Waals surface area (Å²) in [5.41, 5.74) is 16.2. The fourth-order valence-corrected chi connectivity index (χ4v) is 2.67. The molecule has 3 atom stereocenters. The van der Waals surface area contributed by atoms with E-state index in [2.05, 4.69) is 20.9 Å². The number of aliphatic hydroxyl groups excluding tert-OH is 1. The second kappa shape index (κ2) is 15.3. The lowest BCUT2D eigenvalue weighted by molar-refractivity contribution is -0.138. The summed E-state index contributed by atoms with van der Waals surface area (Å²) in [7, 11) is 0. The Morgan fingerprint density at radius 1 is 1.03 bits per heavy atom. The van der Waals surface area contributed by atoms with Crippen molar-refractivity contribution in [1.82, 2.24) is 16.0 Å². The molecule has 14 heteroatoms. The smallest absolute Gasteiger partial charge is 0.322 e. The molecule has 0 fully saturated rings. The zero-order valence-electron chi connectivity index (χ0n) is 16.8. The maximum absolute atomic E-state index is 12.4. The summed E-state index contributed by atoms with van der Waals surface area (Å²) < 4.78 is 0. The van der Waals surface area contributed by atoms with Crippen LogP contribution in [0.1, 0.15) is 19.3 Å². The molecule has 0 radical (unpaired) electrons. The molecule has 0 saturated heterocycles. The van der Waals surface area contributed by atoms with Gasteiger partial charge in [-0.3, -0.25) is 24.2 Å². The van der Waals surface area contributed by atoms with Crippen molar-refractivity contribution < 1.29 is 29.4 Å². The molecule has 0 aromatic carbocycles. The van der Waals surface area contributed by atoms with Gasteiger partial charge in [-0.15, -0.1) is 0 Å². The molecule has 3 amide bonds. The molecule has 0 spiro atoms. The van der Waals surface area contributed by atoms with Crippen LogP contribution >= 0.6 is 11.8 Å². The highest BCUT2D eigenvalue weighted by atomic mass is 32.2. The number of aliphatic hydroxyl groups is 1. The first-order valence-electron chi connectivity index (χ1n) is 9.13.